The molecule has 81 heavy (non-hydrogen) atoms. The van der Waals surface area contributed by atoms with Gasteiger partial charge in [-0.25, -0.2) is 0 Å². The van der Waals surface area contributed by atoms with Gasteiger partial charge < -0.3 is 9.80 Å². The van der Waals surface area contributed by atoms with E-state index in [0.717, 1.165) is 0 Å². The Balaban J connectivity index is 1.17. The van der Waals surface area contributed by atoms with E-state index in [9.17, 15) is 0 Å². The Morgan fingerprint density at radius 2 is 0.704 bits per heavy atom. The predicted octanol–water partition coefficient (Wildman–Crippen LogP) is 19.3. The van der Waals surface area contributed by atoms with E-state index < -0.39 is 0 Å². The van der Waals surface area contributed by atoms with Gasteiger partial charge in [-0.3, -0.25) is 0 Å². The van der Waals surface area contributed by atoms with Crippen LogP contribution in [0.2, 0.25) is 0 Å². The maximum absolute atomic E-state index is 2.66. The third kappa shape index (κ3) is 8.52. The van der Waals surface area contributed by atoms with Crippen LogP contribution in [0.5, 0.6) is 0 Å². The molecule has 2 nitrogen and oxygen atoms in total. The number of hydrogen-bond donors (Lipinski definition) is 0. The van der Waals surface area contributed by atoms with Gasteiger partial charge in [-0.05, 0) is 153 Å². The highest BCUT2D eigenvalue weighted by molar-refractivity contribution is 7.00. The number of benzene rings is 10. The number of rotatable bonds is 6. The van der Waals surface area contributed by atoms with Gasteiger partial charge in [0.15, 0.2) is 0 Å². The first kappa shape index (κ1) is 52.3. The molecule has 10 aromatic rings. The zero-order chi connectivity index (χ0) is 56.5. The van der Waals surface area contributed by atoms with Crippen LogP contribution >= 0.6 is 0 Å². The zero-order valence-electron chi connectivity index (χ0n) is 49.8. The SMILES string of the molecule is CC(C)(C)c1ccc(N2c3ccc(-c4ccccc4)cc3B3c4cc(-c5cccc6c5C(C)(C)c5ccccc5C6(C)C)ccc4N(c4ccc(C(C)(C)C)cc4-c4ccccc4)c4cc(C(C)(C)C)cc2c43)c(-c2ccccc2)c1. The fourth-order valence-electron chi connectivity index (χ4n) is 13.9. The first-order valence-corrected chi connectivity index (χ1v) is 29.4. The molecule has 0 spiro atoms. The lowest BCUT2D eigenvalue weighted by atomic mass is 9.33. The van der Waals surface area contributed by atoms with Crippen molar-refractivity contribution in [1.82, 2.24) is 0 Å². The maximum atomic E-state index is 2.66. The van der Waals surface area contributed by atoms with E-state index in [1.165, 1.54) is 134 Å². The monoisotopic (exact) mass is 1050 g/mol. The summed E-state index contributed by atoms with van der Waals surface area (Å²) in [5, 5.41) is 0. The summed E-state index contributed by atoms with van der Waals surface area (Å²) < 4.78 is 0. The van der Waals surface area contributed by atoms with Crippen LogP contribution < -0.4 is 26.2 Å². The van der Waals surface area contributed by atoms with Crippen LogP contribution in [-0.4, -0.2) is 6.71 Å². The molecule has 0 unspecified atom stereocenters. The van der Waals surface area contributed by atoms with Crippen molar-refractivity contribution >= 4 is 57.2 Å². The molecule has 0 saturated heterocycles. The number of anilines is 6. The lowest BCUT2D eigenvalue weighted by Crippen LogP contribution is -2.61. The molecule has 0 atom stereocenters. The molecule has 2 aliphatic heterocycles. The van der Waals surface area contributed by atoms with Gasteiger partial charge in [0, 0.05) is 44.7 Å². The van der Waals surface area contributed by atoms with Gasteiger partial charge in [0.25, 0.3) is 6.71 Å². The summed E-state index contributed by atoms with van der Waals surface area (Å²) in [4.78, 5) is 5.31. The van der Waals surface area contributed by atoms with E-state index in [1.807, 2.05) is 0 Å². The zero-order valence-corrected chi connectivity index (χ0v) is 49.8. The molecular formula is C78H75BN2. The number of fused-ring (bicyclic) bond motifs is 6. The van der Waals surface area contributed by atoms with Crippen LogP contribution in [0.3, 0.4) is 0 Å². The molecule has 0 saturated carbocycles. The van der Waals surface area contributed by atoms with Gasteiger partial charge in [0.1, 0.15) is 0 Å². The van der Waals surface area contributed by atoms with Crippen molar-refractivity contribution in [2.75, 3.05) is 9.80 Å². The average molecular weight is 1050 g/mol. The van der Waals surface area contributed by atoms with Crippen molar-refractivity contribution in [3.63, 3.8) is 0 Å². The molecule has 3 aliphatic rings. The smallest absolute Gasteiger partial charge is 0.252 e. The van der Waals surface area contributed by atoms with E-state index in [0.29, 0.717) is 0 Å². The van der Waals surface area contributed by atoms with E-state index in [1.54, 1.807) is 0 Å². The van der Waals surface area contributed by atoms with Crippen LogP contribution in [0.1, 0.15) is 129 Å². The summed E-state index contributed by atoms with van der Waals surface area (Å²) in [5.41, 5.74) is 29.6. The Hall–Kier alpha value is -8.14. The van der Waals surface area contributed by atoms with E-state index in [-0.39, 0.29) is 33.8 Å². The lowest BCUT2D eigenvalue weighted by molar-refractivity contribution is 0.522. The quantitative estimate of drug-likeness (QED) is 0.153. The van der Waals surface area contributed by atoms with Crippen molar-refractivity contribution in [3.05, 3.63) is 257 Å². The molecule has 0 bridgehead atoms. The Kier molecular flexibility index (Phi) is 12.1. The van der Waals surface area contributed by atoms with Crippen molar-refractivity contribution in [2.24, 2.45) is 0 Å². The highest BCUT2D eigenvalue weighted by Crippen LogP contribution is 2.55. The molecule has 1 aliphatic carbocycles. The van der Waals surface area contributed by atoms with Gasteiger partial charge in [-0.15, -0.1) is 0 Å². The normalized spacial score (nSPS) is 14.9. The summed E-state index contributed by atoms with van der Waals surface area (Å²) in [6.07, 6.45) is 0. The van der Waals surface area contributed by atoms with Crippen LogP contribution in [0, 0.1) is 0 Å². The summed E-state index contributed by atoms with van der Waals surface area (Å²) in [7, 11) is 0. The standard InChI is InChI=1S/C78H75BN2/c1-74(2,3)55-38-42-66(59(46-55)51-28-19-15-20-29-51)80-68-40-36-53(50-26-17-14-18-27-50)44-64(68)79-65-45-54(58-32-25-35-63-72(58)78(12,13)62-34-24-23-33-61(62)77(63,10)11)37-41-69(65)81(71-49-57(76(7,8)9)48-70(80)73(71)79)67-43-39-56(75(4,5)6)47-60(67)52-30-21-16-22-31-52/h14-49H,1-13H3. The Labute approximate surface area is 483 Å². The van der Waals surface area contributed by atoms with Crippen molar-refractivity contribution in [1.29, 1.82) is 0 Å². The third-order valence-electron chi connectivity index (χ3n) is 18.4. The molecule has 0 radical (unpaired) electrons. The van der Waals surface area contributed by atoms with E-state index >= 15 is 0 Å². The van der Waals surface area contributed by atoms with Gasteiger partial charge in [0.2, 0.25) is 0 Å². The second kappa shape index (κ2) is 18.7. The second-order valence-corrected chi connectivity index (χ2v) is 27.4. The van der Waals surface area contributed by atoms with E-state index in [4.69, 9.17) is 0 Å². The highest BCUT2D eigenvalue weighted by atomic mass is 15.2. The summed E-state index contributed by atoms with van der Waals surface area (Å²) in [5.74, 6) is 0. The second-order valence-electron chi connectivity index (χ2n) is 27.4. The predicted molar refractivity (Wildman–Crippen MR) is 349 cm³/mol. The molecular weight excluding hydrogens is 976 g/mol. The van der Waals surface area contributed by atoms with Crippen molar-refractivity contribution in [2.45, 2.75) is 117 Å². The van der Waals surface area contributed by atoms with Crippen LogP contribution in [0.25, 0.3) is 44.5 Å². The largest absolute Gasteiger partial charge is 0.311 e. The molecule has 13 rings (SSSR count). The molecule has 10 aromatic carbocycles. The number of hydrogen-bond acceptors (Lipinski definition) is 2. The lowest BCUT2D eigenvalue weighted by Gasteiger charge is -2.46. The van der Waals surface area contributed by atoms with Crippen molar-refractivity contribution in [3.8, 4) is 44.5 Å². The third-order valence-corrected chi connectivity index (χ3v) is 18.4. The van der Waals surface area contributed by atoms with E-state index in [2.05, 4.69) is 318 Å². The molecule has 0 amide bonds. The minimum atomic E-state index is -0.246. The summed E-state index contributed by atoms with van der Waals surface area (Å²) in [6, 6.07) is 83.9. The molecule has 400 valence electrons. The Morgan fingerprint density at radius 1 is 0.296 bits per heavy atom. The van der Waals surface area contributed by atoms with Crippen molar-refractivity contribution < 1.29 is 0 Å². The molecule has 0 fully saturated rings. The first-order valence-electron chi connectivity index (χ1n) is 29.4. The molecule has 2 heterocycles. The average Bonchev–Trinajstić information content (AvgIpc) is 3.37. The maximum Gasteiger partial charge on any atom is 0.252 e. The molecule has 0 aromatic heterocycles. The Morgan fingerprint density at radius 3 is 1.19 bits per heavy atom. The van der Waals surface area contributed by atoms with Crippen LogP contribution in [0.15, 0.2) is 218 Å². The minimum absolute atomic E-state index is 0.0594. The summed E-state index contributed by atoms with van der Waals surface area (Å²) >= 11 is 0. The highest BCUT2D eigenvalue weighted by Gasteiger charge is 2.47. The fourth-order valence-corrected chi connectivity index (χ4v) is 13.9. The van der Waals surface area contributed by atoms with Gasteiger partial charge >= 0.3 is 0 Å². The van der Waals surface area contributed by atoms with Gasteiger partial charge in [0.05, 0.1) is 11.4 Å². The van der Waals surface area contributed by atoms with Gasteiger partial charge in [-0.2, -0.15) is 0 Å². The topological polar surface area (TPSA) is 6.48 Å². The van der Waals surface area contributed by atoms with Gasteiger partial charge in [-0.1, -0.05) is 260 Å². The minimum Gasteiger partial charge on any atom is -0.311 e. The Bertz CT molecular complexity index is 4090. The molecule has 0 N–H and O–H groups in total. The number of nitrogens with zero attached hydrogens (tertiary/aromatic N) is 2. The summed E-state index contributed by atoms with van der Waals surface area (Å²) in [6.45, 7) is 30.7. The van der Waals surface area contributed by atoms with Crippen LogP contribution in [-0.2, 0) is 27.1 Å². The fraction of sp³-hybridized carbons (Fsp3) is 0.231. The van der Waals surface area contributed by atoms with Crippen LogP contribution in [0.4, 0.5) is 34.1 Å². The molecule has 3 heteroatoms. The first-order chi connectivity index (χ1) is 38.6.